The summed E-state index contributed by atoms with van der Waals surface area (Å²) >= 11 is 0. The summed E-state index contributed by atoms with van der Waals surface area (Å²) in [5.41, 5.74) is 1.02. The van der Waals surface area contributed by atoms with E-state index in [0.29, 0.717) is 6.61 Å². The first-order valence-corrected chi connectivity index (χ1v) is 6.92. The molecule has 1 aromatic heterocycles. The Bertz CT molecular complexity index is 365. The summed E-state index contributed by atoms with van der Waals surface area (Å²) in [6, 6.07) is 3.93. The van der Waals surface area contributed by atoms with Gasteiger partial charge in [0.05, 0.1) is 19.7 Å². The van der Waals surface area contributed by atoms with E-state index in [1.54, 1.807) is 11.1 Å². The van der Waals surface area contributed by atoms with Crippen molar-refractivity contribution in [1.82, 2.24) is 4.98 Å². The van der Waals surface area contributed by atoms with Crippen LogP contribution in [0.3, 0.4) is 0 Å². The van der Waals surface area contributed by atoms with Crippen LogP contribution in [0, 0.1) is 0 Å². The fourth-order valence-corrected chi connectivity index (χ4v) is 2.82. The number of quaternary nitrogens is 1. The predicted octanol–water partition coefficient (Wildman–Crippen LogP) is 0.564. The topological polar surface area (TPSA) is 35.8 Å². The van der Waals surface area contributed by atoms with Crippen LogP contribution in [0.4, 0.5) is 0 Å². The van der Waals surface area contributed by atoms with Crippen LogP contribution >= 0.6 is 0 Å². The number of piperidine rings is 1. The molecule has 0 aliphatic carbocycles. The van der Waals surface area contributed by atoms with E-state index < -0.39 is 0 Å². The van der Waals surface area contributed by atoms with Crippen molar-refractivity contribution in [3.8, 4) is 0 Å². The first-order chi connectivity index (χ1) is 8.92. The van der Waals surface area contributed by atoms with Crippen molar-refractivity contribution in [2.24, 2.45) is 0 Å². The van der Waals surface area contributed by atoms with E-state index in [-0.39, 0.29) is 12.4 Å². The fraction of sp³-hybridized carbons (Fsp3) is 0.643. The van der Waals surface area contributed by atoms with Gasteiger partial charge in [-0.05, 0) is 25.3 Å². The van der Waals surface area contributed by atoms with Crippen molar-refractivity contribution in [1.29, 1.82) is 0 Å². The zero-order valence-corrected chi connectivity index (χ0v) is 10.7. The monoisotopic (exact) mass is 249 g/mol. The van der Waals surface area contributed by atoms with Crippen LogP contribution in [0.2, 0.25) is 0 Å². The van der Waals surface area contributed by atoms with Gasteiger partial charge in [0.25, 0.3) is 0 Å². The quantitative estimate of drug-likeness (QED) is 0.850. The van der Waals surface area contributed by atoms with Crippen LogP contribution in [0.5, 0.6) is 0 Å². The third-order valence-electron chi connectivity index (χ3n) is 3.78. The van der Waals surface area contributed by atoms with Crippen molar-refractivity contribution >= 4 is 0 Å². The number of ether oxygens (including phenoxy) is 2. The van der Waals surface area contributed by atoms with Crippen LogP contribution in [0.15, 0.2) is 24.5 Å². The highest BCUT2D eigenvalue weighted by Crippen LogP contribution is 2.25. The first kappa shape index (κ1) is 12.1. The summed E-state index contributed by atoms with van der Waals surface area (Å²) in [5, 5.41) is 0. The Morgan fingerprint density at radius 3 is 2.94 bits per heavy atom. The lowest BCUT2D eigenvalue weighted by molar-refractivity contribution is -0.907. The molecular formula is C14H21N2O2+. The average molecular weight is 249 g/mol. The lowest BCUT2D eigenvalue weighted by Gasteiger charge is -2.25. The summed E-state index contributed by atoms with van der Waals surface area (Å²) in [4.78, 5) is 5.77. The van der Waals surface area contributed by atoms with Gasteiger partial charge in [-0.25, -0.2) is 0 Å². The molecule has 0 amide bonds. The number of pyridine rings is 1. The molecule has 0 bridgehead atoms. The Morgan fingerprint density at radius 2 is 2.17 bits per heavy atom. The minimum Gasteiger partial charge on any atom is -0.345 e. The molecule has 0 aromatic carbocycles. The number of aromatic nitrogens is 1. The summed E-state index contributed by atoms with van der Waals surface area (Å²) in [5.74, 6) is 0. The summed E-state index contributed by atoms with van der Waals surface area (Å²) in [6.45, 7) is 4.37. The second kappa shape index (κ2) is 5.78. The van der Waals surface area contributed by atoms with E-state index in [4.69, 9.17) is 9.47 Å². The number of nitrogens with zero attached hydrogens (tertiary/aromatic N) is 1. The minimum absolute atomic E-state index is 0.215. The van der Waals surface area contributed by atoms with Gasteiger partial charge < -0.3 is 14.4 Å². The number of hydrogen-bond acceptors (Lipinski definition) is 3. The third-order valence-corrected chi connectivity index (χ3v) is 3.78. The van der Waals surface area contributed by atoms with Crippen LogP contribution < -0.4 is 4.90 Å². The fourth-order valence-electron chi connectivity index (χ4n) is 2.82. The van der Waals surface area contributed by atoms with Crippen LogP contribution in [-0.4, -0.2) is 37.3 Å². The van der Waals surface area contributed by atoms with Gasteiger partial charge in [-0.2, -0.15) is 0 Å². The molecule has 3 rings (SSSR count). The van der Waals surface area contributed by atoms with Gasteiger partial charge in [-0.15, -0.1) is 0 Å². The molecule has 0 spiro atoms. The second-order valence-electron chi connectivity index (χ2n) is 5.22. The van der Waals surface area contributed by atoms with E-state index in [1.165, 1.54) is 32.4 Å². The Balaban J connectivity index is 1.52. The predicted molar refractivity (Wildman–Crippen MR) is 67.2 cm³/mol. The standard InChI is InChI=1S/C14H20N2O2/c1-2-7-16(8-3-1)10-13-11-17-14(18-13)12-5-4-6-15-9-12/h4-6,9,13-14H,1-3,7-8,10-11H2/p+1/t13-,14+/m0/s1. The molecule has 1 aromatic rings. The second-order valence-corrected chi connectivity index (χ2v) is 5.22. The van der Waals surface area contributed by atoms with E-state index in [2.05, 4.69) is 4.98 Å². The van der Waals surface area contributed by atoms with Crippen molar-refractivity contribution < 1.29 is 14.4 Å². The maximum atomic E-state index is 5.97. The maximum Gasteiger partial charge on any atom is 0.186 e. The zero-order valence-electron chi connectivity index (χ0n) is 10.7. The smallest absolute Gasteiger partial charge is 0.186 e. The van der Waals surface area contributed by atoms with Gasteiger partial charge in [-0.3, -0.25) is 4.98 Å². The molecule has 2 aliphatic heterocycles. The van der Waals surface area contributed by atoms with E-state index in [1.807, 2.05) is 18.3 Å². The molecule has 1 N–H and O–H groups in total. The molecule has 3 heterocycles. The van der Waals surface area contributed by atoms with Gasteiger partial charge in [0.2, 0.25) is 0 Å². The molecule has 0 unspecified atom stereocenters. The van der Waals surface area contributed by atoms with Crippen molar-refractivity contribution in [2.75, 3.05) is 26.2 Å². The lowest BCUT2D eigenvalue weighted by Crippen LogP contribution is -3.13. The van der Waals surface area contributed by atoms with Crippen molar-refractivity contribution in [3.05, 3.63) is 30.1 Å². The first-order valence-electron chi connectivity index (χ1n) is 6.92. The largest absolute Gasteiger partial charge is 0.345 e. The Hall–Kier alpha value is -0.970. The lowest BCUT2D eigenvalue weighted by atomic mass is 10.1. The number of nitrogens with one attached hydrogen (secondary N) is 1. The highest BCUT2D eigenvalue weighted by atomic mass is 16.7. The minimum atomic E-state index is -0.215. The maximum absolute atomic E-state index is 5.97. The molecule has 2 aliphatic rings. The number of likely N-dealkylation sites (tertiary alicyclic amines) is 1. The molecule has 4 heteroatoms. The van der Waals surface area contributed by atoms with Gasteiger partial charge in [0.1, 0.15) is 12.6 Å². The van der Waals surface area contributed by atoms with Gasteiger partial charge >= 0.3 is 0 Å². The van der Waals surface area contributed by atoms with Crippen molar-refractivity contribution in [2.45, 2.75) is 31.7 Å². The Morgan fingerprint density at radius 1 is 1.28 bits per heavy atom. The average Bonchev–Trinajstić information content (AvgIpc) is 2.89. The Labute approximate surface area is 108 Å². The molecule has 2 fully saturated rings. The van der Waals surface area contributed by atoms with E-state index in [0.717, 1.165) is 12.1 Å². The van der Waals surface area contributed by atoms with Crippen LogP contribution in [0.1, 0.15) is 31.1 Å². The third kappa shape index (κ3) is 2.88. The summed E-state index contributed by atoms with van der Waals surface area (Å²) in [7, 11) is 0. The molecule has 98 valence electrons. The molecule has 2 saturated heterocycles. The summed E-state index contributed by atoms with van der Waals surface area (Å²) < 4.78 is 11.7. The van der Waals surface area contributed by atoms with Gasteiger partial charge in [-0.1, -0.05) is 6.07 Å². The van der Waals surface area contributed by atoms with E-state index in [9.17, 15) is 0 Å². The zero-order chi connectivity index (χ0) is 12.2. The summed E-state index contributed by atoms with van der Waals surface area (Å²) in [6.07, 6.45) is 7.72. The van der Waals surface area contributed by atoms with Gasteiger partial charge in [0, 0.05) is 18.0 Å². The molecular weight excluding hydrogens is 228 g/mol. The molecule has 0 saturated carbocycles. The Kier molecular flexibility index (Phi) is 3.88. The van der Waals surface area contributed by atoms with E-state index >= 15 is 0 Å². The number of rotatable bonds is 3. The van der Waals surface area contributed by atoms with Gasteiger partial charge in [0.15, 0.2) is 6.29 Å². The molecule has 0 radical (unpaired) electrons. The van der Waals surface area contributed by atoms with Crippen LogP contribution in [0.25, 0.3) is 0 Å². The SMILES string of the molecule is c1cncc([C@@H]2OC[C@H](C[NH+]3CCCCC3)O2)c1. The molecule has 18 heavy (non-hydrogen) atoms. The molecule has 2 atom stereocenters. The van der Waals surface area contributed by atoms with Crippen molar-refractivity contribution in [3.63, 3.8) is 0 Å². The molecule has 4 nitrogen and oxygen atoms in total. The highest BCUT2D eigenvalue weighted by molar-refractivity contribution is 5.10. The van der Waals surface area contributed by atoms with Crippen LogP contribution in [-0.2, 0) is 9.47 Å². The highest BCUT2D eigenvalue weighted by Gasteiger charge is 2.30. The normalized spacial score (nSPS) is 29.6. The number of hydrogen-bond donors (Lipinski definition) is 1.